The van der Waals surface area contributed by atoms with Gasteiger partial charge in [-0.3, -0.25) is 0 Å². The highest BCUT2D eigenvalue weighted by molar-refractivity contribution is 5.89. The summed E-state index contributed by atoms with van der Waals surface area (Å²) in [6.45, 7) is -5.57. The molecule has 0 saturated heterocycles. The number of rotatable bonds is 37. The van der Waals surface area contributed by atoms with Crippen molar-refractivity contribution in [2.75, 3.05) is 19.8 Å². The normalized spacial score (nSPS) is 16.0. The lowest BCUT2D eigenvalue weighted by Crippen LogP contribution is -2.74. The number of hydrogen-bond acceptors (Lipinski definition) is 4. The van der Waals surface area contributed by atoms with E-state index in [1.165, 1.54) is 0 Å². The number of ether oxygens (including phenoxy) is 3. The van der Waals surface area contributed by atoms with Crippen molar-refractivity contribution in [1.29, 1.82) is 0 Å². The van der Waals surface area contributed by atoms with Gasteiger partial charge in [0.1, 0.15) is 0 Å². The van der Waals surface area contributed by atoms with Crippen molar-refractivity contribution < 1.29 is 248 Å². The van der Waals surface area contributed by atoms with Gasteiger partial charge in [0, 0.05) is 19.3 Å². The number of carboxylic acids is 1. The first kappa shape index (κ1) is 91.5. The van der Waals surface area contributed by atoms with Gasteiger partial charge in [-0.1, -0.05) is 0 Å². The van der Waals surface area contributed by atoms with E-state index in [1.807, 2.05) is 0 Å². The van der Waals surface area contributed by atoms with Crippen molar-refractivity contribution in [3.8, 4) is 17.2 Å². The maximum Gasteiger partial charge on any atom is 0.460 e. The number of hydrogen-bond donors (Lipinski definition) is 1. The molecule has 0 saturated carbocycles. The van der Waals surface area contributed by atoms with E-state index in [0.29, 0.717) is 0 Å². The Hall–Kier alpha value is -5.48. The van der Waals surface area contributed by atoms with Gasteiger partial charge < -0.3 is 19.3 Å². The van der Waals surface area contributed by atoms with E-state index in [9.17, 15) is 234 Å². The molecule has 1 aromatic carbocycles. The summed E-state index contributed by atoms with van der Waals surface area (Å²) in [5.41, 5.74) is -1.56. The number of unbranched alkanes of at least 4 members (excludes halogenated alkanes) is 3. The van der Waals surface area contributed by atoms with Crippen molar-refractivity contribution in [1.82, 2.24) is 0 Å². The minimum absolute atomic E-state index is 0.142. The van der Waals surface area contributed by atoms with Gasteiger partial charge >= 0.3 is 149 Å². The van der Waals surface area contributed by atoms with E-state index in [0.717, 1.165) is 0 Å². The topological polar surface area (TPSA) is 65.0 Å². The third-order valence-electron chi connectivity index (χ3n) is 13.0. The zero-order valence-electron chi connectivity index (χ0n) is 45.5. The second-order valence-electron chi connectivity index (χ2n) is 20.0. The van der Waals surface area contributed by atoms with Crippen LogP contribution in [0.3, 0.4) is 0 Å². The van der Waals surface area contributed by atoms with Gasteiger partial charge in [-0.2, -0.15) is 224 Å². The monoisotopic (exact) mass is 1590 g/mol. The van der Waals surface area contributed by atoms with E-state index in [4.69, 9.17) is 4.74 Å². The Morgan fingerprint density at radius 1 is 0.242 bits per heavy atom. The van der Waals surface area contributed by atoms with Crippen molar-refractivity contribution in [2.24, 2.45) is 0 Å². The maximum absolute atomic E-state index is 14.6. The average molecular weight is 1590 g/mol. The van der Waals surface area contributed by atoms with Gasteiger partial charge in [0.15, 0.2) is 11.5 Å². The lowest BCUT2D eigenvalue weighted by Gasteiger charge is -2.42. The van der Waals surface area contributed by atoms with Crippen LogP contribution in [0.1, 0.15) is 68.1 Å². The molecule has 56 heteroatoms. The maximum atomic E-state index is 14.6. The summed E-state index contributed by atoms with van der Waals surface area (Å²) in [5, 5.41) is 9.48. The van der Waals surface area contributed by atoms with Crippen LogP contribution in [-0.2, 0) is 0 Å². The highest BCUT2D eigenvalue weighted by Crippen LogP contribution is 2.69. The summed E-state index contributed by atoms with van der Waals surface area (Å²) in [4.78, 5) is 11.9. The Bertz CT molecular complexity index is 2780. The van der Waals surface area contributed by atoms with Gasteiger partial charge in [-0.15, -0.1) is 0 Å². The molecule has 5 nitrogen and oxygen atoms in total. The van der Waals surface area contributed by atoms with Crippen molar-refractivity contribution >= 4 is 5.97 Å². The summed E-state index contributed by atoms with van der Waals surface area (Å²) in [6, 6.07) is -0.283. The fourth-order valence-corrected chi connectivity index (χ4v) is 7.00. The Morgan fingerprint density at radius 2 is 0.404 bits per heavy atom. The number of halogens is 51. The number of aromatic carboxylic acids is 1. The first-order valence-corrected chi connectivity index (χ1v) is 24.3. The van der Waals surface area contributed by atoms with Crippen molar-refractivity contribution in [3.63, 3.8) is 0 Å². The van der Waals surface area contributed by atoms with E-state index < -0.39 is 249 Å². The number of carbonyl (C=O) groups is 1. The summed E-state index contributed by atoms with van der Waals surface area (Å²) >= 11 is 0. The van der Waals surface area contributed by atoms with Crippen LogP contribution >= 0.6 is 0 Å². The second-order valence-corrected chi connectivity index (χ2v) is 20.0. The summed E-state index contributed by atoms with van der Waals surface area (Å²) in [5.74, 6) is -188. The SMILES string of the molecule is O=C(O)c1cc(OCCCCC(F)(F)C(F)(F)C(F)(F)C(F)(F)C(F)(F)C(F)(F)C(F)(F)C(F)(F)F)c(OCCCCC(F)(F)C(F)(F)C(F)(F)C(F)(F)C(F)(F)C(F)(F)C(F)(F)C(F)(F)F)c(OCCCCC(F)(F)C(F)(F)C(F)(F)C(F)(F)C(F)(F)C(F)(F)C(F)(F)C(F)(F)F)c1. The van der Waals surface area contributed by atoms with Gasteiger partial charge in [0.2, 0.25) is 5.75 Å². The molecule has 0 radical (unpaired) electrons. The van der Waals surface area contributed by atoms with E-state index >= 15 is 0 Å². The molecule has 0 aliphatic rings. The Balaban J connectivity index is 3.87. The van der Waals surface area contributed by atoms with E-state index in [1.54, 1.807) is 0 Å². The largest absolute Gasteiger partial charge is 0.490 e. The van der Waals surface area contributed by atoms with Crippen LogP contribution in [-0.4, -0.2) is 174 Å². The average Bonchev–Trinajstić information content (AvgIpc) is 0.708. The number of carboxylic acid groups (broad SMARTS) is 1. The van der Waals surface area contributed by atoms with Crippen molar-refractivity contribution in [2.45, 2.75) is 201 Å². The summed E-state index contributed by atoms with van der Waals surface area (Å²) < 4.78 is 712. The predicted octanol–water partition coefficient (Wildman–Crippen LogP) is 21.1. The van der Waals surface area contributed by atoms with Crippen LogP contribution in [0.5, 0.6) is 17.2 Å². The lowest BCUT2D eigenvalue weighted by molar-refractivity contribution is -0.461. The first-order chi connectivity index (χ1) is 42.8. The molecule has 1 aromatic rings. The molecule has 99 heavy (non-hydrogen) atoms. The standard InChI is InChI=1S/C43H27F51O5/c44-20(45,23(50,51)26(56,57)29(62,63)32(68,69)35(74,75)38(80,81)41(86,87)88)7-1-4-10-97-16-13-15(19(95)96)14-17(98-11-5-2-8-21(46,47)24(52,53)27(58,59)30(64,65)33(70,71)36(76,77)39(82,83)42(89,90)91)18(16)99-12-6-3-9-22(48,49)25(54,55)28(60,61)31(66,67)34(72,73)37(78,79)40(84,85)43(92,93)94/h13-14H,1-12H2,(H,95,96). The van der Waals surface area contributed by atoms with Gasteiger partial charge in [0.25, 0.3) is 0 Å². The third kappa shape index (κ3) is 14.3. The molecule has 0 amide bonds. The van der Waals surface area contributed by atoms with Crippen LogP contribution in [0.4, 0.5) is 224 Å². The van der Waals surface area contributed by atoms with Crippen LogP contribution < -0.4 is 14.2 Å². The molecule has 1 rings (SSSR count). The van der Waals surface area contributed by atoms with Crippen LogP contribution in [0.2, 0.25) is 0 Å². The Labute approximate surface area is 510 Å². The number of benzene rings is 1. The second kappa shape index (κ2) is 26.7. The quantitative estimate of drug-likeness (QED) is 0.0531. The molecule has 1 N–H and O–H groups in total. The third-order valence-corrected chi connectivity index (χ3v) is 13.0. The summed E-state index contributed by atoms with van der Waals surface area (Å²) in [7, 11) is 0. The fraction of sp³-hybridized carbons (Fsp3) is 0.837. The van der Waals surface area contributed by atoms with Gasteiger partial charge in [-0.05, 0) is 50.7 Å². The minimum Gasteiger partial charge on any atom is -0.490 e. The first-order valence-electron chi connectivity index (χ1n) is 24.3. The molecule has 0 fully saturated rings. The smallest absolute Gasteiger partial charge is 0.460 e. The highest BCUT2D eigenvalue weighted by Gasteiger charge is 2.98. The highest BCUT2D eigenvalue weighted by atomic mass is 19.5. The molecule has 0 aliphatic carbocycles. The Morgan fingerprint density at radius 3 is 0.576 bits per heavy atom. The molecule has 0 bridgehead atoms. The Kier molecular flexibility index (Phi) is 24.6. The molecule has 0 unspecified atom stereocenters. The molecule has 586 valence electrons. The zero-order chi connectivity index (χ0) is 79.9. The molecular formula is C43H27F51O5. The number of alkyl halides is 51. The van der Waals surface area contributed by atoms with Crippen LogP contribution in [0.15, 0.2) is 12.1 Å². The molecule has 0 spiro atoms. The van der Waals surface area contributed by atoms with Crippen molar-refractivity contribution in [3.05, 3.63) is 17.7 Å². The van der Waals surface area contributed by atoms with Gasteiger partial charge in [0.05, 0.1) is 25.4 Å². The fourth-order valence-electron chi connectivity index (χ4n) is 7.00. The molecule has 0 aromatic heterocycles. The molecular weight excluding hydrogens is 1570 g/mol. The molecule has 0 atom stereocenters. The molecule has 0 aliphatic heterocycles. The predicted molar refractivity (Wildman–Crippen MR) is 213 cm³/mol. The van der Waals surface area contributed by atoms with Crippen LogP contribution in [0.25, 0.3) is 0 Å². The summed E-state index contributed by atoms with van der Waals surface area (Å²) in [6.07, 6.45) is -46.2. The minimum atomic E-state index is -9.14. The zero-order valence-corrected chi connectivity index (χ0v) is 45.5. The lowest BCUT2D eigenvalue weighted by atomic mass is 9.88. The van der Waals surface area contributed by atoms with E-state index in [-0.39, 0.29) is 12.1 Å². The van der Waals surface area contributed by atoms with Gasteiger partial charge in [-0.25, -0.2) is 4.79 Å². The van der Waals surface area contributed by atoms with E-state index in [2.05, 4.69) is 9.47 Å². The molecule has 0 heterocycles. The van der Waals surface area contributed by atoms with Crippen LogP contribution in [0, 0.1) is 0 Å².